The predicted octanol–water partition coefficient (Wildman–Crippen LogP) is 1.23. The van der Waals surface area contributed by atoms with Crippen molar-refractivity contribution in [2.24, 2.45) is 0 Å². The molecule has 0 aliphatic carbocycles. The van der Waals surface area contributed by atoms with E-state index >= 15 is 0 Å². The third-order valence-corrected chi connectivity index (χ3v) is 3.26. The molecule has 0 N–H and O–H groups in total. The van der Waals surface area contributed by atoms with Crippen molar-refractivity contribution in [2.45, 2.75) is 38.6 Å². The Morgan fingerprint density at radius 3 is 2.94 bits per heavy atom. The monoisotopic (exact) mass is 223 g/mol. The molecule has 0 aromatic rings. The van der Waals surface area contributed by atoms with Gasteiger partial charge in [0.25, 0.3) is 0 Å². The molecular formula is C12H21N3O. The van der Waals surface area contributed by atoms with Crippen LogP contribution in [-0.4, -0.2) is 48.4 Å². The van der Waals surface area contributed by atoms with E-state index in [1.165, 1.54) is 19.3 Å². The molecule has 4 nitrogen and oxygen atoms in total. The Balaban J connectivity index is 2.35. The first-order chi connectivity index (χ1) is 7.65. The number of rotatable bonds is 4. The van der Waals surface area contributed by atoms with Gasteiger partial charge in [-0.25, -0.2) is 0 Å². The third kappa shape index (κ3) is 3.82. The SMILES string of the molecule is CC1CCCCN1CC(=O)N(C)CCC#N. The minimum Gasteiger partial charge on any atom is -0.344 e. The molecule has 90 valence electrons. The van der Waals surface area contributed by atoms with Gasteiger partial charge in [-0.1, -0.05) is 6.42 Å². The van der Waals surface area contributed by atoms with E-state index < -0.39 is 0 Å². The summed E-state index contributed by atoms with van der Waals surface area (Å²) in [6.07, 6.45) is 4.07. The molecule has 1 amide bonds. The molecule has 1 aliphatic heterocycles. The van der Waals surface area contributed by atoms with Crippen LogP contribution in [0.5, 0.6) is 0 Å². The molecule has 0 aromatic heterocycles. The fourth-order valence-corrected chi connectivity index (χ4v) is 2.03. The Labute approximate surface area is 97.8 Å². The van der Waals surface area contributed by atoms with E-state index in [1.807, 2.05) is 0 Å². The van der Waals surface area contributed by atoms with Gasteiger partial charge in [0.15, 0.2) is 0 Å². The van der Waals surface area contributed by atoms with Crippen LogP contribution in [0.2, 0.25) is 0 Å². The van der Waals surface area contributed by atoms with Crippen LogP contribution in [0.4, 0.5) is 0 Å². The lowest BCUT2D eigenvalue weighted by Gasteiger charge is -2.33. The number of nitrogens with zero attached hydrogens (tertiary/aromatic N) is 3. The van der Waals surface area contributed by atoms with E-state index in [-0.39, 0.29) is 5.91 Å². The van der Waals surface area contributed by atoms with Gasteiger partial charge in [0.1, 0.15) is 0 Å². The van der Waals surface area contributed by atoms with Gasteiger partial charge in [-0.2, -0.15) is 5.26 Å². The minimum absolute atomic E-state index is 0.129. The highest BCUT2D eigenvalue weighted by Gasteiger charge is 2.21. The number of nitriles is 1. The van der Waals surface area contributed by atoms with Crippen LogP contribution in [0.3, 0.4) is 0 Å². The van der Waals surface area contributed by atoms with Crippen LogP contribution < -0.4 is 0 Å². The maximum Gasteiger partial charge on any atom is 0.236 e. The Morgan fingerprint density at radius 1 is 1.56 bits per heavy atom. The zero-order valence-electron chi connectivity index (χ0n) is 10.3. The van der Waals surface area contributed by atoms with Crippen molar-refractivity contribution in [1.82, 2.24) is 9.80 Å². The highest BCUT2D eigenvalue weighted by atomic mass is 16.2. The van der Waals surface area contributed by atoms with E-state index in [9.17, 15) is 4.79 Å². The molecule has 0 spiro atoms. The van der Waals surface area contributed by atoms with Crippen molar-refractivity contribution < 1.29 is 4.79 Å². The van der Waals surface area contributed by atoms with Crippen molar-refractivity contribution in [3.05, 3.63) is 0 Å². The second-order valence-corrected chi connectivity index (χ2v) is 4.54. The molecule has 0 aromatic carbocycles. The first kappa shape index (κ1) is 13.0. The maximum absolute atomic E-state index is 11.8. The van der Waals surface area contributed by atoms with Gasteiger partial charge in [-0.3, -0.25) is 9.69 Å². The Kier molecular flexibility index (Phi) is 5.27. The van der Waals surface area contributed by atoms with Crippen LogP contribution in [0.25, 0.3) is 0 Å². The van der Waals surface area contributed by atoms with Gasteiger partial charge >= 0.3 is 0 Å². The highest BCUT2D eigenvalue weighted by Crippen LogP contribution is 2.15. The summed E-state index contributed by atoms with van der Waals surface area (Å²) in [7, 11) is 1.77. The maximum atomic E-state index is 11.8. The van der Waals surface area contributed by atoms with Gasteiger partial charge in [0.05, 0.1) is 19.0 Å². The summed E-state index contributed by atoms with van der Waals surface area (Å²) in [5, 5.41) is 8.46. The van der Waals surface area contributed by atoms with Crippen LogP contribution in [0, 0.1) is 11.3 Å². The molecule has 1 rings (SSSR count). The number of likely N-dealkylation sites (N-methyl/N-ethyl adjacent to an activating group) is 1. The molecule has 1 aliphatic rings. The van der Waals surface area contributed by atoms with E-state index in [0.717, 1.165) is 6.54 Å². The Hall–Kier alpha value is -1.08. The average Bonchev–Trinajstić information content (AvgIpc) is 2.28. The van der Waals surface area contributed by atoms with Crippen molar-refractivity contribution in [2.75, 3.05) is 26.7 Å². The lowest BCUT2D eigenvalue weighted by molar-refractivity contribution is -0.131. The molecule has 1 unspecified atom stereocenters. The number of piperidine rings is 1. The third-order valence-electron chi connectivity index (χ3n) is 3.26. The number of amides is 1. The lowest BCUT2D eigenvalue weighted by atomic mass is 10.0. The minimum atomic E-state index is 0.129. The van der Waals surface area contributed by atoms with Gasteiger partial charge in [0, 0.05) is 19.6 Å². The molecule has 1 fully saturated rings. The second kappa shape index (κ2) is 6.49. The number of hydrogen-bond donors (Lipinski definition) is 0. The summed E-state index contributed by atoms with van der Waals surface area (Å²) in [5.41, 5.74) is 0. The summed E-state index contributed by atoms with van der Waals surface area (Å²) < 4.78 is 0. The first-order valence-corrected chi connectivity index (χ1v) is 6.00. The molecule has 0 bridgehead atoms. The summed E-state index contributed by atoms with van der Waals surface area (Å²) in [6, 6.07) is 2.57. The van der Waals surface area contributed by atoms with Gasteiger partial charge in [-0.15, -0.1) is 0 Å². The molecule has 4 heteroatoms. The number of hydrogen-bond acceptors (Lipinski definition) is 3. The summed E-state index contributed by atoms with van der Waals surface area (Å²) in [5.74, 6) is 0.129. The normalized spacial score (nSPS) is 21.4. The van der Waals surface area contributed by atoms with Gasteiger partial charge < -0.3 is 4.90 Å². The number of likely N-dealkylation sites (tertiary alicyclic amines) is 1. The van der Waals surface area contributed by atoms with Crippen LogP contribution in [0.1, 0.15) is 32.6 Å². The second-order valence-electron chi connectivity index (χ2n) is 4.54. The molecule has 1 heterocycles. The zero-order valence-corrected chi connectivity index (χ0v) is 10.3. The van der Waals surface area contributed by atoms with Gasteiger partial charge in [0.2, 0.25) is 5.91 Å². The largest absolute Gasteiger partial charge is 0.344 e. The number of carbonyl (C=O) groups excluding carboxylic acids is 1. The van der Waals surface area contributed by atoms with Crippen LogP contribution in [0.15, 0.2) is 0 Å². The quantitative estimate of drug-likeness (QED) is 0.720. The van der Waals surface area contributed by atoms with Crippen molar-refractivity contribution in [3.63, 3.8) is 0 Å². The van der Waals surface area contributed by atoms with Crippen LogP contribution >= 0.6 is 0 Å². The first-order valence-electron chi connectivity index (χ1n) is 6.00. The fourth-order valence-electron chi connectivity index (χ4n) is 2.03. The van der Waals surface area contributed by atoms with Crippen molar-refractivity contribution >= 4 is 5.91 Å². The lowest BCUT2D eigenvalue weighted by Crippen LogP contribution is -2.44. The molecule has 1 saturated heterocycles. The summed E-state index contributed by atoms with van der Waals surface area (Å²) >= 11 is 0. The van der Waals surface area contributed by atoms with Crippen molar-refractivity contribution in [1.29, 1.82) is 5.26 Å². The van der Waals surface area contributed by atoms with Gasteiger partial charge in [-0.05, 0) is 26.3 Å². The molecule has 16 heavy (non-hydrogen) atoms. The van der Waals surface area contributed by atoms with Crippen molar-refractivity contribution in [3.8, 4) is 6.07 Å². The summed E-state index contributed by atoms with van der Waals surface area (Å²) in [6.45, 7) is 4.25. The topological polar surface area (TPSA) is 47.3 Å². The molecule has 0 saturated carbocycles. The predicted molar refractivity (Wildman–Crippen MR) is 62.8 cm³/mol. The standard InChI is InChI=1S/C12H21N3O/c1-11-6-3-4-9-15(11)10-12(16)14(2)8-5-7-13/h11H,3-6,8-10H2,1-2H3. The highest BCUT2D eigenvalue weighted by molar-refractivity contribution is 5.78. The average molecular weight is 223 g/mol. The fraction of sp³-hybridized carbons (Fsp3) is 0.833. The smallest absolute Gasteiger partial charge is 0.236 e. The van der Waals surface area contributed by atoms with E-state index in [4.69, 9.17) is 5.26 Å². The van der Waals surface area contributed by atoms with Crippen LogP contribution in [-0.2, 0) is 4.79 Å². The Morgan fingerprint density at radius 2 is 2.31 bits per heavy atom. The molecule has 1 atom stereocenters. The Bertz CT molecular complexity index is 272. The number of carbonyl (C=O) groups is 1. The van der Waals surface area contributed by atoms with E-state index in [2.05, 4.69) is 17.9 Å². The van der Waals surface area contributed by atoms with E-state index in [1.54, 1.807) is 11.9 Å². The summed E-state index contributed by atoms with van der Waals surface area (Å²) in [4.78, 5) is 15.7. The zero-order chi connectivity index (χ0) is 12.0. The molecule has 0 radical (unpaired) electrons. The van der Waals surface area contributed by atoms with E-state index in [0.29, 0.717) is 25.6 Å². The molecular weight excluding hydrogens is 202 g/mol.